The van der Waals surface area contributed by atoms with Gasteiger partial charge in [0.25, 0.3) is 0 Å². The van der Waals surface area contributed by atoms with E-state index in [0.717, 1.165) is 18.2 Å². The predicted molar refractivity (Wildman–Crippen MR) is 44.4 cm³/mol. The van der Waals surface area contributed by atoms with Gasteiger partial charge in [0, 0.05) is 5.69 Å². The SMILES string of the molecule is NC(=O)c1cc(N)ccc1C(F)(F)F. The van der Waals surface area contributed by atoms with E-state index in [-0.39, 0.29) is 5.69 Å². The van der Waals surface area contributed by atoms with Crippen LogP contribution in [0.5, 0.6) is 0 Å². The second-order valence-corrected chi connectivity index (χ2v) is 2.67. The summed E-state index contributed by atoms with van der Waals surface area (Å²) in [5.41, 5.74) is 8.40. The van der Waals surface area contributed by atoms with Crippen molar-refractivity contribution >= 4 is 11.6 Å². The minimum absolute atomic E-state index is 0.0619. The van der Waals surface area contributed by atoms with Crippen molar-refractivity contribution in [1.82, 2.24) is 0 Å². The van der Waals surface area contributed by atoms with Crippen molar-refractivity contribution in [3.05, 3.63) is 29.3 Å². The number of hydrogen-bond donors (Lipinski definition) is 2. The second kappa shape index (κ2) is 3.21. The minimum atomic E-state index is -4.60. The molecule has 14 heavy (non-hydrogen) atoms. The van der Waals surface area contributed by atoms with Gasteiger partial charge in [-0.05, 0) is 18.2 Å². The molecule has 1 amide bonds. The molecule has 0 atom stereocenters. The third-order valence-corrected chi connectivity index (χ3v) is 1.61. The van der Waals surface area contributed by atoms with E-state index in [1.807, 2.05) is 0 Å². The first-order valence-electron chi connectivity index (χ1n) is 3.59. The summed E-state index contributed by atoms with van der Waals surface area (Å²) in [5, 5.41) is 0. The van der Waals surface area contributed by atoms with Gasteiger partial charge in [0.05, 0.1) is 11.1 Å². The number of carbonyl (C=O) groups is 1. The average molecular weight is 204 g/mol. The maximum absolute atomic E-state index is 12.3. The number of benzene rings is 1. The van der Waals surface area contributed by atoms with Crippen LogP contribution in [0.4, 0.5) is 18.9 Å². The third kappa shape index (κ3) is 1.95. The number of anilines is 1. The van der Waals surface area contributed by atoms with E-state index in [1.54, 1.807) is 0 Å². The van der Waals surface area contributed by atoms with Crippen LogP contribution in [0, 0.1) is 0 Å². The number of hydrogen-bond acceptors (Lipinski definition) is 2. The summed E-state index contributed by atoms with van der Waals surface area (Å²) < 4.78 is 36.9. The van der Waals surface area contributed by atoms with Crippen LogP contribution in [0.2, 0.25) is 0 Å². The van der Waals surface area contributed by atoms with E-state index < -0.39 is 23.2 Å². The van der Waals surface area contributed by atoms with Crippen molar-refractivity contribution < 1.29 is 18.0 Å². The van der Waals surface area contributed by atoms with E-state index in [9.17, 15) is 18.0 Å². The molecule has 0 aliphatic rings. The number of nitrogens with two attached hydrogens (primary N) is 2. The summed E-state index contributed by atoms with van der Waals surface area (Å²) in [6, 6.07) is 2.70. The first-order valence-corrected chi connectivity index (χ1v) is 3.59. The molecule has 1 aromatic rings. The van der Waals surface area contributed by atoms with Crippen molar-refractivity contribution in [1.29, 1.82) is 0 Å². The molecule has 0 heterocycles. The highest BCUT2D eigenvalue weighted by atomic mass is 19.4. The number of nitrogen functional groups attached to an aromatic ring is 1. The van der Waals surface area contributed by atoms with E-state index in [1.165, 1.54) is 0 Å². The van der Waals surface area contributed by atoms with Crippen molar-refractivity contribution in [3.8, 4) is 0 Å². The van der Waals surface area contributed by atoms with Gasteiger partial charge in [0.15, 0.2) is 0 Å². The van der Waals surface area contributed by atoms with Crippen LogP contribution >= 0.6 is 0 Å². The molecule has 0 aliphatic heterocycles. The fourth-order valence-electron chi connectivity index (χ4n) is 1.01. The zero-order valence-corrected chi connectivity index (χ0v) is 6.93. The first kappa shape index (κ1) is 10.4. The lowest BCUT2D eigenvalue weighted by Crippen LogP contribution is -2.19. The van der Waals surface area contributed by atoms with Crippen LogP contribution in [0.3, 0.4) is 0 Å². The normalized spacial score (nSPS) is 11.4. The van der Waals surface area contributed by atoms with Gasteiger partial charge in [-0.2, -0.15) is 13.2 Å². The Balaban J connectivity index is 3.37. The molecule has 0 fully saturated rings. The van der Waals surface area contributed by atoms with Gasteiger partial charge in [0.1, 0.15) is 0 Å². The standard InChI is InChI=1S/C8H7F3N2O/c9-8(10,11)6-2-1-4(12)3-5(6)7(13)14/h1-3H,12H2,(H2,13,14). The van der Waals surface area contributed by atoms with Crippen LogP contribution < -0.4 is 11.5 Å². The third-order valence-electron chi connectivity index (χ3n) is 1.61. The zero-order valence-electron chi connectivity index (χ0n) is 6.93. The maximum atomic E-state index is 12.3. The summed E-state index contributed by atoms with van der Waals surface area (Å²) in [6.45, 7) is 0. The largest absolute Gasteiger partial charge is 0.417 e. The lowest BCUT2D eigenvalue weighted by molar-refractivity contribution is -0.137. The van der Waals surface area contributed by atoms with Crippen LogP contribution in [-0.2, 0) is 6.18 Å². The van der Waals surface area contributed by atoms with Crippen molar-refractivity contribution in [2.75, 3.05) is 5.73 Å². The molecule has 0 bridgehead atoms. The summed E-state index contributed by atoms with van der Waals surface area (Å²) in [7, 11) is 0. The van der Waals surface area contributed by atoms with Crippen LogP contribution in [0.1, 0.15) is 15.9 Å². The lowest BCUT2D eigenvalue weighted by atomic mass is 10.1. The van der Waals surface area contributed by atoms with Gasteiger partial charge >= 0.3 is 6.18 Å². The highest BCUT2D eigenvalue weighted by molar-refractivity contribution is 5.95. The molecule has 0 aliphatic carbocycles. The Hall–Kier alpha value is -1.72. The summed E-state index contributed by atoms with van der Waals surface area (Å²) in [5.74, 6) is -1.15. The van der Waals surface area contributed by atoms with E-state index >= 15 is 0 Å². The Labute approximate surface area is 77.5 Å². The first-order chi connectivity index (χ1) is 6.32. The zero-order chi connectivity index (χ0) is 10.9. The number of alkyl halides is 3. The van der Waals surface area contributed by atoms with Gasteiger partial charge < -0.3 is 11.5 Å². The molecular weight excluding hydrogens is 197 g/mol. The lowest BCUT2D eigenvalue weighted by Gasteiger charge is -2.10. The summed E-state index contributed by atoms with van der Waals surface area (Å²) in [4.78, 5) is 10.7. The van der Waals surface area contributed by atoms with Crippen LogP contribution in [0.25, 0.3) is 0 Å². The quantitative estimate of drug-likeness (QED) is 0.678. The molecule has 0 spiro atoms. The van der Waals surface area contributed by atoms with Gasteiger partial charge in [-0.3, -0.25) is 4.79 Å². The van der Waals surface area contributed by atoms with Crippen LogP contribution in [-0.4, -0.2) is 5.91 Å². The predicted octanol–water partition coefficient (Wildman–Crippen LogP) is 1.39. The van der Waals surface area contributed by atoms with Crippen molar-refractivity contribution in [2.24, 2.45) is 5.73 Å². The average Bonchev–Trinajstić information content (AvgIpc) is 2.01. The molecule has 4 N–H and O–H groups in total. The number of halogens is 3. The number of amides is 1. The maximum Gasteiger partial charge on any atom is 0.417 e. The molecule has 6 heteroatoms. The fourth-order valence-corrected chi connectivity index (χ4v) is 1.01. The molecule has 0 saturated carbocycles. The Morgan fingerprint density at radius 1 is 1.29 bits per heavy atom. The fraction of sp³-hybridized carbons (Fsp3) is 0.125. The monoisotopic (exact) mass is 204 g/mol. The number of carbonyl (C=O) groups excluding carboxylic acids is 1. The molecule has 1 aromatic carbocycles. The van der Waals surface area contributed by atoms with Crippen molar-refractivity contribution in [2.45, 2.75) is 6.18 Å². The molecule has 0 saturated heterocycles. The molecular formula is C8H7F3N2O. The van der Waals surface area contributed by atoms with Gasteiger partial charge in [0.2, 0.25) is 5.91 Å². The highest BCUT2D eigenvalue weighted by Crippen LogP contribution is 2.32. The summed E-state index contributed by atoms with van der Waals surface area (Å²) >= 11 is 0. The second-order valence-electron chi connectivity index (χ2n) is 2.67. The molecule has 0 aromatic heterocycles. The van der Waals surface area contributed by atoms with E-state index in [4.69, 9.17) is 11.5 Å². The Morgan fingerprint density at radius 3 is 2.29 bits per heavy atom. The molecule has 1 rings (SSSR count). The smallest absolute Gasteiger partial charge is 0.399 e. The number of rotatable bonds is 1. The Morgan fingerprint density at radius 2 is 1.86 bits per heavy atom. The van der Waals surface area contributed by atoms with Crippen LogP contribution in [0.15, 0.2) is 18.2 Å². The minimum Gasteiger partial charge on any atom is -0.399 e. The summed E-state index contributed by atoms with van der Waals surface area (Å²) in [6.07, 6.45) is -4.60. The molecule has 3 nitrogen and oxygen atoms in total. The number of primary amides is 1. The Kier molecular flexibility index (Phi) is 2.37. The Bertz CT molecular complexity index is 373. The molecule has 76 valence electrons. The van der Waals surface area contributed by atoms with Gasteiger partial charge in [-0.1, -0.05) is 0 Å². The van der Waals surface area contributed by atoms with Crippen molar-refractivity contribution in [3.63, 3.8) is 0 Å². The molecule has 0 unspecified atom stereocenters. The van der Waals surface area contributed by atoms with E-state index in [0.29, 0.717) is 0 Å². The molecule has 0 radical (unpaired) electrons. The topological polar surface area (TPSA) is 69.1 Å². The van der Waals surface area contributed by atoms with Gasteiger partial charge in [-0.25, -0.2) is 0 Å². The van der Waals surface area contributed by atoms with E-state index in [2.05, 4.69) is 0 Å². The van der Waals surface area contributed by atoms with Gasteiger partial charge in [-0.15, -0.1) is 0 Å². The highest BCUT2D eigenvalue weighted by Gasteiger charge is 2.34.